The van der Waals surface area contributed by atoms with Crippen LogP contribution in [0.1, 0.15) is 16.1 Å². The fourth-order valence-corrected chi connectivity index (χ4v) is 1.82. The number of nitrogens with one attached hydrogen (secondary N) is 1. The molecule has 0 saturated carbocycles. The maximum Gasteiger partial charge on any atom is 0.262 e. The first-order valence-electron chi connectivity index (χ1n) is 5.21. The van der Waals surface area contributed by atoms with Crippen molar-refractivity contribution in [3.63, 3.8) is 0 Å². The van der Waals surface area contributed by atoms with E-state index < -0.39 is 0 Å². The van der Waals surface area contributed by atoms with Gasteiger partial charge in [-0.05, 0) is 18.2 Å². The predicted octanol–water partition coefficient (Wildman–Crippen LogP) is 2.86. The van der Waals surface area contributed by atoms with E-state index >= 15 is 0 Å². The smallest absolute Gasteiger partial charge is 0.262 e. The lowest BCUT2D eigenvalue weighted by molar-refractivity contribution is 0.0993. The maximum atomic E-state index is 12.2. The Hall–Kier alpha value is -2.03. The Kier molecular flexibility index (Phi) is 3.74. The lowest BCUT2D eigenvalue weighted by Crippen LogP contribution is -2.26. The Labute approximate surface area is 119 Å². The van der Waals surface area contributed by atoms with Crippen LogP contribution in [0.25, 0.3) is 0 Å². The van der Waals surface area contributed by atoms with Crippen molar-refractivity contribution in [1.29, 1.82) is 5.26 Å². The summed E-state index contributed by atoms with van der Waals surface area (Å²) in [5, 5.41) is 15.8. The molecule has 0 fully saturated rings. The zero-order valence-corrected chi connectivity index (χ0v) is 11.3. The van der Waals surface area contributed by atoms with Crippen LogP contribution in [-0.4, -0.2) is 23.2 Å². The molecule has 0 radical (unpaired) electrons. The molecule has 0 unspecified atom stereocenters. The van der Waals surface area contributed by atoms with Crippen molar-refractivity contribution in [2.24, 2.45) is 0 Å². The van der Waals surface area contributed by atoms with Crippen molar-refractivity contribution in [3.05, 3.63) is 45.7 Å². The quantitative estimate of drug-likeness (QED) is 0.925. The molecule has 96 valence electrons. The molecular formula is C12H8Cl2N4O. The summed E-state index contributed by atoms with van der Waals surface area (Å²) in [6.45, 7) is 0. The Morgan fingerprint density at radius 2 is 2.16 bits per heavy atom. The topological polar surface area (TPSA) is 72.8 Å². The summed E-state index contributed by atoms with van der Waals surface area (Å²) < 4.78 is 0. The van der Waals surface area contributed by atoms with Crippen LogP contribution in [0.5, 0.6) is 0 Å². The summed E-state index contributed by atoms with van der Waals surface area (Å²) in [6, 6.07) is 6.71. The molecule has 1 amide bonds. The number of rotatable bonds is 2. The van der Waals surface area contributed by atoms with Crippen LogP contribution in [0.4, 0.5) is 5.69 Å². The number of nitriles is 1. The number of hydrogen-bond acceptors (Lipinski definition) is 3. The molecule has 7 heteroatoms. The number of benzene rings is 1. The van der Waals surface area contributed by atoms with E-state index in [1.165, 1.54) is 11.1 Å². The Morgan fingerprint density at radius 3 is 2.79 bits per heavy atom. The molecule has 0 bridgehead atoms. The highest BCUT2D eigenvalue weighted by molar-refractivity contribution is 6.42. The van der Waals surface area contributed by atoms with Crippen LogP contribution in [0.3, 0.4) is 0 Å². The number of carbonyl (C=O) groups excluding carboxylic acids is 1. The highest BCUT2D eigenvalue weighted by Gasteiger charge is 2.19. The molecule has 0 saturated heterocycles. The SMILES string of the molecule is CN(C(=O)c1cn[nH]c1C#N)c1ccc(Cl)c(Cl)c1. The van der Waals surface area contributed by atoms with E-state index in [0.29, 0.717) is 15.7 Å². The normalized spacial score (nSPS) is 10.0. The predicted molar refractivity (Wildman–Crippen MR) is 72.5 cm³/mol. The van der Waals surface area contributed by atoms with Crippen LogP contribution in [0.2, 0.25) is 10.0 Å². The fourth-order valence-electron chi connectivity index (χ4n) is 1.53. The van der Waals surface area contributed by atoms with Gasteiger partial charge >= 0.3 is 0 Å². The van der Waals surface area contributed by atoms with Gasteiger partial charge in [-0.15, -0.1) is 0 Å². The summed E-state index contributed by atoms with van der Waals surface area (Å²) in [4.78, 5) is 13.6. The van der Waals surface area contributed by atoms with Gasteiger partial charge < -0.3 is 4.90 Å². The highest BCUT2D eigenvalue weighted by Crippen LogP contribution is 2.27. The molecule has 1 aromatic heterocycles. The summed E-state index contributed by atoms with van der Waals surface area (Å²) >= 11 is 11.7. The zero-order chi connectivity index (χ0) is 14.0. The number of anilines is 1. The standard InChI is InChI=1S/C12H8Cl2N4O/c1-18(7-2-3-9(13)10(14)4-7)12(19)8-6-16-17-11(8)5-15/h2-4,6H,1H3,(H,16,17). The number of H-pyrrole nitrogens is 1. The van der Waals surface area contributed by atoms with Crippen LogP contribution in [0.15, 0.2) is 24.4 Å². The molecule has 0 spiro atoms. The van der Waals surface area contributed by atoms with E-state index in [0.717, 1.165) is 0 Å². The van der Waals surface area contributed by atoms with Gasteiger partial charge in [0.2, 0.25) is 0 Å². The summed E-state index contributed by atoms with van der Waals surface area (Å²) in [5.74, 6) is -0.358. The third-order valence-corrected chi connectivity index (χ3v) is 3.32. The molecule has 1 N–H and O–H groups in total. The Morgan fingerprint density at radius 1 is 1.42 bits per heavy atom. The second-order valence-electron chi connectivity index (χ2n) is 3.73. The van der Waals surface area contributed by atoms with Gasteiger partial charge in [-0.25, -0.2) is 0 Å². The number of nitrogens with zero attached hydrogens (tertiary/aromatic N) is 3. The molecule has 19 heavy (non-hydrogen) atoms. The van der Waals surface area contributed by atoms with Gasteiger partial charge in [0.25, 0.3) is 5.91 Å². The number of carbonyl (C=O) groups is 1. The Balaban J connectivity index is 2.34. The minimum atomic E-state index is -0.358. The first kappa shape index (κ1) is 13.4. The fraction of sp³-hybridized carbons (Fsp3) is 0.0833. The third kappa shape index (κ3) is 2.55. The van der Waals surface area contributed by atoms with Gasteiger partial charge in [-0.3, -0.25) is 9.89 Å². The maximum absolute atomic E-state index is 12.2. The van der Waals surface area contributed by atoms with Crippen LogP contribution < -0.4 is 4.90 Å². The number of amides is 1. The average molecular weight is 295 g/mol. The lowest BCUT2D eigenvalue weighted by atomic mass is 10.2. The van der Waals surface area contributed by atoms with Gasteiger partial charge in [-0.1, -0.05) is 23.2 Å². The molecule has 0 aliphatic heterocycles. The minimum absolute atomic E-state index is 0.122. The van der Waals surface area contributed by atoms with Crippen molar-refractivity contribution >= 4 is 34.8 Å². The van der Waals surface area contributed by atoms with Crippen molar-refractivity contribution in [2.45, 2.75) is 0 Å². The molecule has 5 nitrogen and oxygen atoms in total. The second-order valence-corrected chi connectivity index (χ2v) is 4.55. The molecule has 2 aromatic rings. The van der Waals surface area contributed by atoms with Crippen molar-refractivity contribution < 1.29 is 4.79 Å². The molecule has 1 aromatic carbocycles. The summed E-state index contributed by atoms with van der Waals surface area (Å²) in [5.41, 5.74) is 0.900. The highest BCUT2D eigenvalue weighted by atomic mass is 35.5. The largest absolute Gasteiger partial charge is 0.311 e. The molecule has 2 rings (SSSR count). The number of aromatic nitrogens is 2. The van der Waals surface area contributed by atoms with Crippen molar-refractivity contribution in [2.75, 3.05) is 11.9 Å². The third-order valence-electron chi connectivity index (χ3n) is 2.58. The first-order valence-corrected chi connectivity index (χ1v) is 5.96. The van der Waals surface area contributed by atoms with Crippen LogP contribution in [0, 0.1) is 11.3 Å². The van der Waals surface area contributed by atoms with Gasteiger partial charge in [0, 0.05) is 12.7 Å². The lowest BCUT2D eigenvalue weighted by Gasteiger charge is -2.17. The van der Waals surface area contributed by atoms with Gasteiger partial charge in [0.1, 0.15) is 11.8 Å². The van der Waals surface area contributed by atoms with Crippen molar-refractivity contribution in [3.8, 4) is 6.07 Å². The van der Waals surface area contributed by atoms with Crippen LogP contribution in [-0.2, 0) is 0 Å². The second kappa shape index (κ2) is 5.31. The van der Waals surface area contributed by atoms with Gasteiger partial charge in [-0.2, -0.15) is 10.4 Å². The molecule has 0 aliphatic carbocycles. The number of halogens is 2. The van der Waals surface area contributed by atoms with Crippen LogP contribution >= 0.6 is 23.2 Å². The van der Waals surface area contributed by atoms with Gasteiger partial charge in [0.05, 0.1) is 21.8 Å². The van der Waals surface area contributed by atoms with E-state index in [4.69, 9.17) is 28.5 Å². The van der Waals surface area contributed by atoms with E-state index in [1.807, 2.05) is 6.07 Å². The van der Waals surface area contributed by atoms with E-state index in [1.54, 1.807) is 25.2 Å². The summed E-state index contributed by atoms with van der Waals surface area (Å²) in [6.07, 6.45) is 1.31. The first-order chi connectivity index (χ1) is 9.04. The minimum Gasteiger partial charge on any atom is -0.311 e. The van der Waals surface area contributed by atoms with Gasteiger partial charge in [0.15, 0.2) is 0 Å². The van der Waals surface area contributed by atoms with E-state index in [2.05, 4.69) is 10.2 Å². The number of hydrogen-bond donors (Lipinski definition) is 1. The molecule has 1 heterocycles. The van der Waals surface area contributed by atoms with Crippen molar-refractivity contribution in [1.82, 2.24) is 10.2 Å². The monoisotopic (exact) mass is 294 g/mol. The summed E-state index contributed by atoms with van der Waals surface area (Å²) in [7, 11) is 1.58. The molecule has 0 atom stereocenters. The zero-order valence-electron chi connectivity index (χ0n) is 9.82. The molecular weight excluding hydrogens is 287 g/mol. The number of aromatic amines is 1. The average Bonchev–Trinajstić information content (AvgIpc) is 2.88. The Bertz CT molecular complexity index is 675. The van der Waals surface area contributed by atoms with E-state index in [-0.39, 0.29) is 17.2 Å². The van der Waals surface area contributed by atoms with E-state index in [9.17, 15) is 4.79 Å². The molecule has 0 aliphatic rings.